The molecule has 2 aromatic rings. The Morgan fingerprint density at radius 2 is 1.75 bits per heavy atom. The van der Waals surface area contributed by atoms with Gasteiger partial charge in [-0.3, -0.25) is 14.6 Å². The van der Waals surface area contributed by atoms with Crippen LogP contribution in [0.3, 0.4) is 0 Å². The molecule has 1 saturated heterocycles. The third-order valence-electron chi connectivity index (χ3n) is 5.04. The van der Waals surface area contributed by atoms with Crippen LogP contribution in [0.1, 0.15) is 34.7 Å². The predicted octanol–water partition coefficient (Wildman–Crippen LogP) is 2.67. The fourth-order valence-corrected chi connectivity index (χ4v) is 3.39. The average Bonchev–Trinajstić information content (AvgIpc) is 2.74. The molecule has 0 radical (unpaired) electrons. The molecule has 6 nitrogen and oxygen atoms in total. The lowest BCUT2D eigenvalue weighted by Crippen LogP contribution is -2.49. The summed E-state index contributed by atoms with van der Waals surface area (Å²) in [6.45, 7) is 7.10. The maximum Gasteiger partial charge on any atom is 0.272 e. The molecule has 2 amide bonds. The topological polar surface area (TPSA) is 56.8 Å². The lowest BCUT2D eigenvalue weighted by molar-refractivity contribution is 0.0746. The number of para-hydroxylation sites is 1. The van der Waals surface area contributed by atoms with Gasteiger partial charge in [-0.1, -0.05) is 12.1 Å². The minimum absolute atomic E-state index is 0.135. The molecule has 0 spiro atoms. The van der Waals surface area contributed by atoms with Crippen molar-refractivity contribution in [1.29, 1.82) is 0 Å². The summed E-state index contributed by atoms with van der Waals surface area (Å²) in [6.07, 6.45) is 1.50. The number of piperazine rings is 1. The number of carbonyl (C=O) groups excluding carboxylic acids is 2. The second-order valence-corrected chi connectivity index (χ2v) is 6.64. The number of anilines is 1. The highest BCUT2D eigenvalue weighted by Gasteiger charge is 2.24. The molecule has 148 valence electrons. The second-order valence-electron chi connectivity index (χ2n) is 6.64. The molecule has 7 heteroatoms. The monoisotopic (exact) mass is 384 g/mol. The molecule has 2 heterocycles. The van der Waals surface area contributed by atoms with Crippen molar-refractivity contribution in [1.82, 2.24) is 14.8 Å². The maximum atomic E-state index is 14.0. The first-order valence-electron chi connectivity index (χ1n) is 9.59. The summed E-state index contributed by atoms with van der Waals surface area (Å²) in [4.78, 5) is 34.8. The molecule has 1 aromatic heterocycles. The highest BCUT2D eigenvalue weighted by Crippen LogP contribution is 2.21. The molecule has 0 N–H and O–H groups in total. The van der Waals surface area contributed by atoms with E-state index in [0.717, 1.165) is 0 Å². The van der Waals surface area contributed by atoms with E-state index in [1.807, 2.05) is 18.7 Å². The van der Waals surface area contributed by atoms with Gasteiger partial charge in [0.1, 0.15) is 11.5 Å². The molecule has 0 bridgehead atoms. The first-order chi connectivity index (χ1) is 13.5. The fourth-order valence-electron chi connectivity index (χ4n) is 3.39. The summed E-state index contributed by atoms with van der Waals surface area (Å²) in [5.41, 5.74) is 1.29. The van der Waals surface area contributed by atoms with Gasteiger partial charge >= 0.3 is 0 Å². The number of amides is 2. The van der Waals surface area contributed by atoms with Crippen LogP contribution in [0.15, 0.2) is 42.6 Å². The van der Waals surface area contributed by atoms with Crippen molar-refractivity contribution in [2.45, 2.75) is 13.8 Å². The van der Waals surface area contributed by atoms with Crippen LogP contribution < -0.4 is 4.90 Å². The van der Waals surface area contributed by atoms with E-state index in [9.17, 15) is 14.0 Å². The summed E-state index contributed by atoms with van der Waals surface area (Å²) in [5.74, 6) is -0.566. The number of nitrogens with zero attached hydrogens (tertiary/aromatic N) is 4. The van der Waals surface area contributed by atoms with Crippen molar-refractivity contribution < 1.29 is 14.0 Å². The Balaban J connectivity index is 1.68. The predicted molar refractivity (Wildman–Crippen MR) is 106 cm³/mol. The molecule has 0 unspecified atom stereocenters. The first-order valence-corrected chi connectivity index (χ1v) is 9.59. The summed E-state index contributed by atoms with van der Waals surface area (Å²) >= 11 is 0. The number of benzene rings is 1. The Morgan fingerprint density at radius 1 is 1.07 bits per heavy atom. The van der Waals surface area contributed by atoms with E-state index in [1.165, 1.54) is 12.3 Å². The molecule has 0 aliphatic carbocycles. The number of hydrogen-bond donors (Lipinski definition) is 0. The van der Waals surface area contributed by atoms with Crippen molar-refractivity contribution in [3.8, 4) is 0 Å². The summed E-state index contributed by atoms with van der Waals surface area (Å²) in [5, 5.41) is 0. The molecule has 3 rings (SSSR count). The molecule has 1 aliphatic rings. The third kappa shape index (κ3) is 4.13. The fraction of sp³-hybridized carbons (Fsp3) is 0.381. The number of halogens is 1. The molecule has 28 heavy (non-hydrogen) atoms. The van der Waals surface area contributed by atoms with Gasteiger partial charge in [0.05, 0.1) is 5.69 Å². The van der Waals surface area contributed by atoms with Crippen molar-refractivity contribution in [3.05, 3.63) is 59.7 Å². The summed E-state index contributed by atoms with van der Waals surface area (Å²) in [7, 11) is 0. The SMILES string of the molecule is CCN(CC)C(=O)c1cc(C(=O)N2CCN(c3ccccc3F)CC2)ccn1. The standard InChI is InChI=1S/C21H25FN4O2/c1-3-24(4-2)21(28)18-15-16(9-10-23-18)20(27)26-13-11-25(12-14-26)19-8-6-5-7-17(19)22/h5-10,15H,3-4,11-14H2,1-2H3. The van der Waals surface area contributed by atoms with E-state index in [1.54, 1.807) is 40.1 Å². The van der Waals surface area contributed by atoms with E-state index in [0.29, 0.717) is 50.5 Å². The van der Waals surface area contributed by atoms with E-state index in [4.69, 9.17) is 0 Å². The number of hydrogen-bond acceptors (Lipinski definition) is 4. The maximum absolute atomic E-state index is 14.0. The highest BCUT2D eigenvalue weighted by atomic mass is 19.1. The quantitative estimate of drug-likeness (QED) is 0.795. The van der Waals surface area contributed by atoms with Crippen LogP contribution in [-0.4, -0.2) is 65.9 Å². The summed E-state index contributed by atoms with van der Waals surface area (Å²) in [6, 6.07) is 9.86. The van der Waals surface area contributed by atoms with Crippen LogP contribution in [0.2, 0.25) is 0 Å². The highest BCUT2D eigenvalue weighted by molar-refractivity contribution is 5.98. The Kier molecular flexibility index (Phi) is 6.23. The van der Waals surface area contributed by atoms with Crippen molar-refractivity contribution in [3.63, 3.8) is 0 Å². The van der Waals surface area contributed by atoms with Gasteiger partial charge in [0.15, 0.2) is 0 Å². The minimum atomic E-state index is -0.254. The van der Waals surface area contributed by atoms with Crippen LogP contribution in [0.4, 0.5) is 10.1 Å². The Hall–Kier alpha value is -2.96. The van der Waals surface area contributed by atoms with Crippen LogP contribution in [0.25, 0.3) is 0 Å². The molecule has 0 saturated carbocycles. The zero-order chi connectivity index (χ0) is 20.1. The molecule has 1 aliphatic heterocycles. The van der Waals surface area contributed by atoms with Gasteiger partial charge in [0.25, 0.3) is 11.8 Å². The Morgan fingerprint density at radius 3 is 2.39 bits per heavy atom. The van der Waals surface area contributed by atoms with E-state index < -0.39 is 0 Å². The number of carbonyl (C=O) groups is 2. The molecule has 1 aromatic carbocycles. The molecule has 1 fully saturated rings. The molecular weight excluding hydrogens is 359 g/mol. The van der Waals surface area contributed by atoms with E-state index in [-0.39, 0.29) is 23.3 Å². The number of aromatic nitrogens is 1. The smallest absolute Gasteiger partial charge is 0.272 e. The third-order valence-corrected chi connectivity index (χ3v) is 5.04. The summed E-state index contributed by atoms with van der Waals surface area (Å²) < 4.78 is 14.0. The average molecular weight is 384 g/mol. The Labute approximate surface area is 164 Å². The minimum Gasteiger partial charge on any atom is -0.366 e. The van der Waals surface area contributed by atoms with Gasteiger partial charge in [-0.15, -0.1) is 0 Å². The van der Waals surface area contributed by atoms with Crippen molar-refractivity contribution >= 4 is 17.5 Å². The number of pyridine rings is 1. The van der Waals surface area contributed by atoms with Gasteiger partial charge in [-0.05, 0) is 38.1 Å². The van der Waals surface area contributed by atoms with Crippen molar-refractivity contribution in [2.75, 3.05) is 44.2 Å². The first kappa shape index (κ1) is 19.8. The Bertz CT molecular complexity index is 846. The van der Waals surface area contributed by atoms with Crippen molar-refractivity contribution in [2.24, 2.45) is 0 Å². The van der Waals surface area contributed by atoms with E-state index >= 15 is 0 Å². The molecule has 0 atom stereocenters. The second kappa shape index (κ2) is 8.82. The zero-order valence-corrected chi connectivity index (χ0v) is 16.3. The van der Waals surface area contributed by atoms with Crippen LogP contribution in [-0.2, 0) is 0 Å². The van der Waals surface area contributed by atoms with Gasteiger partial charge in [-0.25, -0.2) is 4.39 Å². The zero-order valence-electron chi connectivity index (χ0n) is 16.3. The van der Waals surface area contributed by atoms with Gasteiger partial charge < -0.3 is 14.7 Å². The normalized spacial score (nSPS) is 14.1. The van der Waals surface area contributed by atoms with Gasteiger partial charge in [0.2, 0.25) is 0 Å². The lowest BCUT2D eigenvalue weighted by Gasteiger charge is -2.36. The molecular formula is C21H25FN4O2. The largest absolute Gasteiger partial charge is 0.366 e. The number of rotatable bonds is 5. The lowest BCUT2D eigenvalue weighted by atomic mass is 10.1. The van der Waals surface area contributed by atoms with Gasteiger partial charge in [-0.2, -0.15) is 0 Å². The van der Waals surface area contributed by atoms with Crippen LogP contribution in [0, 0.1) is 5.82 Å². The van der Waals surface area contributed by atoms with Gasteiger partial charge in [0, 0.05) is 51.0 Å². The van der Waals surface area contributed by atoms with E-state index in [2.05, 4.69) is 4.98 Å². The van der Waals surface area contributed by atoms with Crippen LogP contribution in [0.5, 0.6) is 0 Å². The van der Waals surface area contributed by atoms with Crippen LogP contribution >= 0.6 is 0 Å².